The molecule has 0 aliphatic carbocycles. The molecule has 7 heteroatoms. The van der Waals surface area contributed by atoms with Crippen LogP contribution in [0.15, 0.2) is 52.8 Å². The third-order valence-electron chi connectivity index (χ3n) is 3.82. The third-order valence-corrected chi connectivity index (χ3v) is 3.82. The summed E-state index contributed by atoms with van der Waals surface area (Å²) in [4.78, 5) is 6.17. The van der Waals surface area contributed by atoms with Gasteiger partial charge in [0.2, 0.25) is 0 Å². The predicted octanol–water partition coefficient (Wildman–Crippen LogP) is 3.22. The fraction of sp³-hybridized carbons (Fsp3) is 0.389. The van der Waals surface area contributed by atoms with Crippen LogP contribution in [0.25, 0.3) is 0 Å². The third kappa shape index (κ3) is 5.88. The number of hydrogen-bond donors (Lipinski definition) is 0. The van der Waals surface area contributed by atoms with Crippen LogP contribution in [-0.2, 0) is 11.3 Å². The summed E-state index contributed by atoms with van der Waals surface area (Å²) >= 11 is 0. The van der Waals surface area contributed by atoms with E-state index >= 15 is 0 Å². The van der Waals surface area contributed by atoms with Gasteiger partial charge in [-0.3, -0.25) is 4.90 Å². The van der Waals surface area contributed by atoms with Gasteiger partial charge in [0, 0.05) is 19.6 Å². The number of nitrogens with zero attached hydrogens (tertiary/aromatic N) is 4. The largest absolute Gasteiger partial charge is 0.492 e. The highest BCUT2D eigenvalue weighted by atomic mass is 19.1. The average molecular weight is 344 g/mol. The van der Waals surface area contributed by atoms with Crippen molar-refractivity contribution in [2.45, 2.75) is 6.54 Å². The molecule has 0 spiro atoms. The lowest BCUT2D eigenvalue weighted by Gasteiger charge is -2.26. The summed E-state index contributed by atoms with van der Waals surface area (Å²) in [5.74, 6) is 0.820. The molecule has 0 radical (unpaired) electrons. The van der Waals surface area contributed by atoms with Crippen LogP contribution in [-0.4, -0.2) is 49.3 Å². The second kappa shape index (κ2) is 9.19. The molecule has 132 valence electrons. The summed E-state index contributed by atoms with van der Waals surface area (Å²) < 4.78 is 23.9. The second-order valence-corrected chi connectivity index (χ2v) is 5.68. The molecule has 2 aromatic rings. The SMILES string of the molecule is Fc1ccc(N=NCc2cccc(OCCN3CCOCC3)c2)nc1. The molecule has 1 aliphatic rings. The normalized spacial score (nSPS) is 15.6. The second-order valence-electron chi connectivity index (χ2n) is 5.68. The Labute approximate surface area is 146 Å². The predicted molar refractivity (Wildman–Crippen MR) is 91.6 cm³/mol. The van der Waals surface area contributed by atoms with Gasteiger partial charge in [-0.05, 0) is 29.8 Å². The molecular weight excluding hydrogens is 323 g/mol. The summed E-state index contributed by atoms with van der Waals surface area (Å²) in [5.41, 5.74) is 0.995. The zero-order valence-electron chi connectivity index (χ0n) is 14.0. The van der Waals surface area contributed by atoms with Crippen molar-refractivity contribution in [1.29, 1.82) is 0 Å². The minimum atomic E-state index is -0.388. The fourth-order valence-electron chi connectivity index (χ4n) is 2.47. The van der Waals surface area contributed by atoms with Gasteiger partial charge in [0.1, 0.15) is 18.2 Å². The van der Waals surface area contributed by atoms with Crippen LogP contribution in [0.3, 0.4) is 0 Å². The summed E-state index contributed by atoms with van der Waals surface area (Å²) in [6, 6.07) is 10.6. The Kier molecular flexibility index (Phi) is 6.42. The van der Waals surface area contributed by atoms with Gasteiger partial charge in [-0.1, -0.05) is 12.1 Å². The van der Waals surface area contributed by atoms with Gasteiger partial charge in [0.15, 0.2) is 5.82 Å². The summed E-state index contributed by atoms with van der Waals surface area (Å²) in [5, 5.41) is 8.08. The first-order chi connectivity index (χ1) is 12.3. The van der Waals surface area contributed by atoms with Crippen molar-refractivity contribution < 1.29 is 13.9 Å². The van der Waals surface area contributed by atoms with E-state index in [1.807, 2.05) is 24.3 Å². The van der Waals surface area contributed by atoms with Crippen LogP contribution in [0.5, 0.6) is 5.75 Å². The molecule has 1 saturated heterocycles. The van der Waals surface area contributed by atoms with E-state index in [0.717, 1.165) is 50.4 Å². The van der Waals surface area contributed by atoms with E-state index in [-0.39, 0.29) is 5.82 Å². The number of azo groups is 1. The summed E-state index contributed by atoms with van der Waals surface area (Å²) in [7, 11) is 0. The molecular formula is C18H21FN4O2. The fourth-order valence-corrected chi connectivity index (χ4v) is 2.47. The molecule has 1 fully saturated rings. The molecule has 0 unspecified atom stereocenters. The molecule has 0 bridgehead atoms. The van der Waals surface area contributed by atoms with Gasteiger partial charge >= 0.3 is 0 Å². The van der Waals surface area contributed by atoms with E-state index in [2.05, 4.69) is 20.1 Å². The van der Waals surface area contributed by atoms with E-state index in [4.69, 9.17) is 9.47 Å². The molecule has 1 aromatic heterocycles. The number of morpholine rings is 1. The Hall–Kier alpha value is -2.38. The van der Waals surface area contributed by atoms with E-state index in [1.165, 1.54) is 12.1 Å². The first kappa shape index (κ1) is 17.4. The minimum absolute atomic E-state index is 0.388. The number of hydrogen-bond acceptors (Lipinski definition) is 6. The van der Waals surface area contributed by atoms with Gasteiger partial charge in [-0.2, -0.15) is 5.11 Å². The van der Waals surface area contributed by atoms with E-state index in [9.17, 15) is 4.39 Å². The van der Waals surface area contributed by atoms with Crippen LogP contribution < -0.4 is 4.74 Å². The number of halogens is 1. The molecule has 0 saturated carbocycles. The van der Waals surface area contributed by atoms with Crippen LogP contribution in [0.2, 0.25) is 0 Å². The molecule has 3 rings (SSSR count). The van der Waals surface area contributed by atoms with Crippen molar-refractivity contribution in [3.63, 3.8) is 0 Å². The Morgan fingerprint density at radius 2 is 2.08 bits per heavy atom. The van der Waals surface area contributed by atoms with E-state index in [1.54, 1.807) is 0 Å². The number of ether oxygens (including phenoxy) is 2. The van der Waals surface area contributed by atoms with Gasteiger partial charge in [-0.25, -0.2) is 9.37 Å². The molecule has 0 amide bonds. The first-order valence-corrected chi connectivity index (χ1v) is 8.30. The Bertz CT molecular complexity index is 688. The Balaban J connectivity index is 1.46. The van der Waals surface area contributed by atoms with Crippen molar-refractivity contribution in [2.24, 2.45) is 10.2 Å². The van der Waals surface area contributed by atoms with E-state index < -0.39 is 0 Å². The van der Waals surface area contributed by atoms with Crippen molar-refractivity contribution >= 4 is 5.82 Å². The maximum atomic E-state index is 12.8. The molecule has 1 aromatic carbocycles. The summed E-state index contributed by atoms with van der Waals surface area (Å²) in [6.07, 6.45) is 1.12. The van der Waals surface area contributed by atoms with E-state index in [0.29, 0.717) is 19.0 Å². The smallest absolute Gasteiger partial charge is 0.174 e. The quantitative estimate of drug-likeness (QED) is 0.724. The monoisotopic (exact) mass is 344 g/mol. The average Bonchev–Trinajstić information content (AvgIpc) is 2.65. The molecule has 0 N–H and O–H groups in total. The lowest BCUT2D eigenvalue weighted by atomic mass is 10.2. The van der Waals surface area contributed by atoms with Gasteiger partial charge in [0.25, 0.3) is 0 Å². The van der Waals surface area contributed by atoms with Gasteiger partial charge in [-0.15, -0.1) is 5.11 Å². The van der Waals surface area contributed by atoms with Crippen LogP contribution in [0.4, 0.5) is 10.2 Å². The molecule has 6 nitrogen and oxygen atoms in total. The van der Waals surface area contributed by atoms with Gasteiger partial charge in [0.05, 0.1) is 26.0 Å². The number of benzene rings is 1. The number of aromatic nitrogens is 1. The maximum absolute atomic E-state index is 12.8. The maximum Gasteiger partial charge on any atom is 0.174 e. The zero-order chi connectivity index (χ0) is 17.3. The minimum Gasteiger partial charge on any atom is -0.492 e. The number of rotatable bonds is 7. The van der Waals surface area contributed by atoms with Crippen molar-refractivity contribution in [3.8, 4) is 5.75 Å². The Morgan fingerprint density at radius 1 is 1.20 bits per heavy atom. The first-order valence-electron chi connectivity index (χ1n) is 8.30. The molecule has 0 atom stereocenters. The van der Waals surface area contributed by atoms with Crippen molar-refractivity contribution in [2.75, 3.05) is 39.5 Å². The van der Waals surface area contributed by atoms with Crippen LogP contribution in [0.1, 0.15) is 5.56 Å². The molecule has 1 aliphatic heterocycles. The number of pyridine rings is 1. The van der Waals surface area contributed by atoms with Crippen molar-refractivity contribution in [1.82, 2.24) is 9.88 Å². The highest BCUT2D eigenvalue weighted by Crippen LogP contribution is 2.15. The van der Waals surface area contributed by atoms with Crippen LogP contribution >= 0.6 is 0 Å². The Morgan fingerprint density at radius 3 is 2.88 bits per heavy atom. The highest BCUT2D eigenvalue weighted by molar-refractivity contribution is 5.29. The molecule has 25 heavy (non-hydrogen) atoms. The summed E-state index contributed by atoms with van der Waals surface area (Å²) in [6.45, 7) is 5.46. The lowest BCUT2D eigenvalue weighted by molar-refractivity contribution is 0.0322. The van der Waals surface area contributed by atoms with Crippen molar-refractivity contribution in [3.05, 3.63) is 54.0 Å². The zero-order valence-corrected chi connectivity index (χ0v) is 14.0. The topological polar surface area (TPSA) is 59.3 Å². The van der Waals surface area contributed by atoms with Gasteiger partial charge < -0.3 is 9.47 Å². The lowest BCUT2D eigenvalue weighted by Crippen LogP contribution is -2.38. The highest BCUT2D eigenvalue weighted by Gasteiger charge is 2.09. The molecule has 2 heterocycles. The standard InChI is InChI=1S/C18H21FN4O2/c19-16-4-5-18(20-14-16)22-21-13-15-2-1-3-17(12-15)25-11-8-23-6-9-24-10-7-23/h1-5,12,14H,6-11,13H2. The van der Waals surface area contributed by atoms with Crippen LogP contribution in [0, 0.1) is 5.82 Å².